The number of hydrogen-bond acceptors (Lipinski definition) is 5. The lowest BCUT2D eigenvalue weighted by Gasteiger charge is -2.16. The molecule has 4 aromatic rings. The fourth-order valence-electron chi connectivity index (χ4n) is 3.76. The molecule has 3 aromatic carbocycles. The van der Waals surface area contributed by atoms with Gasteiger partial charge in [-0.2, -0.15) is 0 Å². The van der Waals surface area contributed by atoms with Gasteiger partial charge < -0.3 is 15.0 Å². The third-order valence-corrected chi connectivity index (χ3v) is 5.68. The van der Waals surface area contributed by atoms with E-state index in [2.05, 4.69) is 15.2 Å². The number of amides is 1. The van der Waals surface area contributed by atoms with E-state index in [1.165, 1.54) is 18.2 Å². The second kappa shape index (κ2) is 9.03. The molecule has 1 N–H and O–H groups in total. The number of fused-ring (bicyclic) bond motifs is 1. The molecular weight excluding hydrogens is 443 g/mol. The highest BCUT2D eigenvalue weighted by molar-refractivity contribution is 6.31. The van der Waals surface area contributed by atoms with Crippen LogP contribution in [0.2, 0.25) is 5.02 Å². The van der Waals surface area contributed by atoms with Gasteiger partial charge in [0.05, 0.1) is 22.9 Å². The minimum Gasteiger partial charge on any atom is -0.457 e. The summed E-state index contributed by atoms with van der Waals surface area (Å²) in [4.78, 5) is 23.8. The first-order chi connectivity index (χ1) is 16.0. The molecule has 0 unspecified atom stereocenters. The Labute approximate surface area is 195 Å². The number of ether oxygens (including phenoxy) is 1. The van der Waals surface area contributed by atoms with Crippen LogP contribution in [0.15, 0.2) is 66.9 Å². The van der Waals surface area contributed by atoms with Crippen LogP contribution in [-0.2, 0) is 0 Å². The molecule has 2 heterocycles. The molecule has 1 aliphatic heterocycles. The predicted molar refractivity (Wildman–Crippen MR) is 127 cm³/mol. The predicted octanol–water partition coefficient (Wildman–Crippen LogP) is 6.07. The SMILES string of the molecule is O=C(Nc1ccc(Oc2ccc3ncc(N4CCCC4)nc3c2)cc1F)c1cccc(Cl)c1. The minimum absolute atomic E-state index is 0.0481. The molecule has 5 rings (SSSR count). The molecule has 33 heavy (non-hydrogen) atoms. The molecule has 8 heteroatoms. The van der Waals surface area contributed by atoms with E-state index in [0.717, 1.165) is 37.3 Å². The number of rotatable bonds is 5. The average Bonchev–Trinajstić information content (AvgIpc) is 3.35. The summed E-state index contributed by atoms with van der Waals surface area (Å²) in [7, 11) is 0. The van der Waals surface area contributed by atoms with Crippen molar-refractivity contribution in [1.29, 1.82) is 0 Å². The third-order valence-electron chi connectivity index (χ3n) is 5.44. The maximum Gasteiger partial charge on any atom is 0.255 e. The molecule has 1 aromatic heterocycles. The van der Waals surface area contributed by atoms with Crippen molar-refractivity contribution in [2.24, 2.45) is 0 Å². The van der Waals surface area contributed by atoms with Crippen LogP contribution >= 0.6 is 11.6 Å². The van der Waals surface area contributed by atoms with Crippen LogP contribution < -0.4 is 15.0 Å². The molecule has 0 aliphatic carbocycles. The molecule has 166 valence electrons. The maximum absolute atomic E-state index is 14.6. The lowest BCUT2D eigenvalue weighted by atomic mass is 10.2. The first-order valence-corrected chi connectivity index (χ1v) is 11.0. The zero-order valence-electron chi connectivity index (χ0n) is 17.6. The number of halogens is 2. The highest BCUT2D eigenvalue weighted by Crippen LogP contribution is 2.28. The standard InChI is InChI=1S/C25H20ClFN4O2/c26-17-5-3-4-16(12-17)25(32)30-21-8-6-18(13-20(21)27)33-19-7-9-22-23(14-19)29-24(15-28-22)31-10-1-2-11-31/h3-9,12-15H,1-2,10-11H2,(H,30,32). The van der Waals surface area contributed by atoms with Gasteiger partial charge in [0.15, 0.2) is 0 Å². The quantitative estimate of drug-likeness (QED) is 0.390. The zero-order valence-corrected chi connectivity index (χ0v) is 18.3. The maximum atomic E-state index is 14.6. The van der Waals surface area contributed by atoms with E-state index in [9.17, 15) is 9.18 Å². The van der Waals surface area contributed by atoms with Crippen molar-refractivity contribution in [3.63, 3.8) is 0 Å². The van der Waals surface area contributed by atoms with E-state index in [0.29, 0.717) is 27.6 Å². The number of carbonyl (C=O) groups is 1. The summed E-state index contributed by atoms with van der Waals surface area (Å²) in [5, 5.41) is 2.98. The normalized spacial score (nSPS) is 13.3. The Hall–Kier alpha value is -3.71. The molecule has 1 saturated heterocycles. The van der Waals surface area contributed by atoms with Gasteiger partial charge in [-0.1, -0.05) is 17.7 Å². The third kappa shape index (κ3) is 4.73. The van der Waals surface area contributed by atoms with Gasteiger partial charge in [-0.15, -0.1) is 0 Å². The van der Waals surface area contributed by atoms with E-state index in [1.54, 1.807) is 42.6 Å². The van der Waals surface area contributed by atoms with Crippen LogP contribution in [0.25, 0.3) is 11.0 Å². The van der Waals surface area contributed by atoms with Gasteiger partial charge >= 0.3 is 0 Å². The molecule has 1 amide bonds. The number of carbonyl (C=O) groups excluding carboxylic acids is 1. The molecular formula is C25H20ClFN4O2. The van der Waals surface area contributed by atoms with E-state index < -0.39 is 11.7 Å². The highest BCUT2D eigenvalue weighted by Gasteiger charge is 2.15. The van der Waals surface area contributed by atoms with Crippen LogP contribution in [-0.4, -0.2) is 29.0 Å². The number of anilines is 2. The van der Waals surface area contributed by atoms with Crippen LogP contribution in [0.3, 0.4) is 0 Å². The van der Waals surface area contributed by atoms with Crippen molar-refractivity contribution < 1.29 is 13.9 Å². The fraction of sp³-hybridized carbons (Fsp3) is 0.160. The first kappa shape index (κ1) is 21.2. The van der Waals surface area contributed by atoms with E-state index in [1.807, 2.05) is 6.07 Å². The second-order valence-corrected chi connectivity index (χ2v) is 8.22. The molecule has 0 spiro atoms. The van der Waals surface area contributed by atoms with Gasteiger partial charge in [-0.3, -0.25) is 9.78 Å². The minimum atomic E-state index is -0.611. The van der Waals surface area contributed by atoms with Crippen molar-refractivity contribution in [2.75, 3.05) is 23.3 Å². The van der Waals surface area contributed by atoms with Crippen molar-refractivity contribution in [3.8, 4) is 11.5 Å². The Balaban J connectivity index is 1.32. The summed E-state index contributed by atoms with van der Waals surface area (Å²) >= 11 is 5.92. The van der Waals surface area contributed by atoms with Crippen LogP contribution in [0.4, 0.5) is 15.9 Å². The van der Waals surface area contributed by atoms with Crippen molar-refractivity contribution in [3.05, 3.63) is 83.3 Å². The number of hydrogen-bond donors (Lipinski definition) is 1. The van der Waals surface area contributed by atoms with Gasteiger partial charge in [0, 0.05) is 35.8 Å². The van der Waals surface area contributed by atoms with Crippen molar-refractivity contribution in [2.45, 2.75) is 12.8 Å². The van der Waals surface area contributed by atoms with E-state index in [-0.39, 0.29) is 5.69 Å². The summed E-state index contributed by atoms with van der Waals surface area (Å²) in [6, 6.07) is 16.1. The Bertz CT molecular complexity index is 1340. The number of nitrogens with one attached hydrogen (secondary N) is 1. The van der Waals surface area contributed by atoms with Crippen LogP contribution in [0, 0.1) is 5.82 Å². The Morgan fingerprint density at radius 3 is 2.58 bits per heavy atom. The van der Waals surface area contributed by atoms with Crippen LogP contribution in [0.1, 0.15) is 23.2 Å². The van der Waals surface area contributed by atoms with Crippen molar-refractivity contribution >= 4 is 40.0 Å². The number of nitrogens with zero attached hydrogens (tertiary/aromatic N) is 3. The van der Waals surface area contributed by atoms with Gasteiger partial charge in [0.25, 0.3) is 5.91 Å². The molecule has 0 saturated carbocycles. The van der Waals surface area contributed by atoms with E-state index in [4.69, 9.17) is 21.3 Å². The number of aromatic nitrogens is 2. The fourth-order valence-corrected chi connectivity index (χ4v) is 3.95. The molecule has 6 nitrogen and oxygen atoms in total. The zero-order chi connectivity index (χ0) is 22.8. The topological polar surface area (TPSA) is 67.3 Å². The summed E-state index contributed by atoms with van der Waals surface area (Å²) in [6.07, 6.45) is 4.11. The summed E-state index contributed by atoms with van der Waals surface area (Å²) < 4.78 is 20.5. The van der Waals surface area contributed by atoms with Crippen molar-refractivity contribution in [1.82, 2.24) is 9.97 Å². The smallest absolute Gasteiger partial charge is 0.255 e. The number of benzene rings is 3. The van der Waals surface area contributed by atoms with Gasteiger partial charge in [-0.05, 0) is 55.3 Å². The monoisotopic (exact) mass is 462 g/mol. The molecule has 1 aliphatic rings. The van der Waals surface area contributed by atoms with Gasteiger partial charge in [-0.25, -0.2) is 9.37 Å². The summed E-state index contributed by atoms with van der Waals surface area (Å²) in [6.45, 7) is 1.96. The Kier molecular flexibility index (Phi) is 5.79. The highest BCUT2D eigenvalue weighted by atomic mass is 35.5. The summed E-state index contributed by atoms with van der Waals surface area (Å²) in [5.41, 5.74) is 1.86. The first-order valence-electron chi connectivity index (χ1n) is 10.6. The van der Waals surface area contributed by atoms with Gasteiger partial charge in [0.1, 0.15) is 23.1 Å². The van der Waals surface area contributed by atoms with Gasteiger partial charge in [0.2, 0.25) is 0 Å². The molecule has 0 bridgehead atoms. The Morgan fingerprint density at radius 2 is 1.79 bits per heavy atom. The van der Waals surface area contributed by atoms with E-state index >= 15 is 0 Å². The lowest BCUT2D eigenvalue weighted by molar-refractivity contribution is 0.102. The summed E-state index contributed by atoms with van der Waals surface area (Å²) in [5.74, 6) is 0.608. The lowest BCUT2D eigenvalue weighted by Crippen LogP contribution is -2.19. The average molecular weight is 463 g/mol. The second-order valence-electron chi connectivity index (χ2n) is 7.78. The molecule has 0 atom stereocenters. The molecule has 0 radical (unpaired) electrons. The Morgan fingerprint density at radius 1 is 1.00 bits per heavy atom. The largest absolute Gasteiger partial charge is 0.457 e. The van der Waals surface area contributed by atoms with Crippen LogP contribution in [0.5, 0.6) is 11.5 Å². The molecule has 1 fully saturated rings.